The van der Waals surface area contributed by atoms with E-state index in [0.717, 1.165) is 0 Å². The summed E-state index contributed by atoms with van der Waals surface area (Å²) in [7, 11) is 0. The van der Waals surface area contributed by atoms with Crippen LogP contribution in [0.15, 0.2) is 16.8 Å². The zero-order valence-corrected chi connectivity index (χ0v) is 10.5. The zero-order chi connectivity index (χ0) is 12.4. The van der Waals surface area contributed by atoms with Crippen LogP contribution in [0.3, 0.4) is 0 Å². The molecule has 17 heavy (non-hydrogen) atoms. The number of halogens is 2. The van der Waals surface area contributed by atoms with Crippen LogP contribution in [-0.4, -0.2) is 15.1 Å². The summed E-state index contributed by atoms with van der Waals surface area (Å²) in [4.78, 5) is 8.21. The Morgan fingerprint density at radius 3 is 2.88 bits per heavy atom. The highest BCUT2D eigenvalue weighted by Crippen LogP contribution is 2.26. The minimum Gasteiger partial charge on any atom is -0.337 e. The number of rotatable bonds is 3. The minimum absolute atomic E-state index is 0.276. The molecule has 0 radical (unpaired) electrons. The Kier molecular flexibility index (Phi) is 3.61. The molecule has 1 atom stereocenters. The number of nitrogens with two attached hydrogens (primary N) is 1. The standard InChI is InChI=1S/C10H10Cl2N4O/c1-2-7(13)10-15-9(16-17-10)8-6(12)3-5(11)4-14-8/h3-4,7H,2,13H2,1H3/t7-/m0/s1. The summed E-state index contributed by atoms with van der Waals surface area (Å²) in [5.41, 5.74) is 6.20. The highest BCUT2D eigenvalue weighted by molar-refractivity contribution is 6.35. The van der Waals surface area contributed by atoms with Gasteiger partial charge >= 0.3 is 0 Å². The molecule has 0 fully saturated rings. The number of hydrogen-bond donors (Lipinski definition) is 1. The lowest BCUT2D eigenvalue weighted by Gasteiger charge is -1.99. The van der Waals surface area contributed by atoms with E-state index < -0.39 is 0 Å². The van der Waals surface area contributed by atoms with Gasteiger partial charge in [-0.15, -0.1) is 0 Å². The van der Waals surface area contributed by atoms with Gasteiger partial charge in [-0.25, -0.2) is 4.98 Å². The average molecular weight is 273 g/mol. The SMILES string of the molecule is CC[C@H](N)c1nc(-c2ncc(Cl)cc2Cl)no1. The van der Waals surface area contributed by atoms with Gasteiger partial charge in [-0.1, -0.05) is 35.3 Å². The molecule has 0 saturated heterocycles. The molecule has 2 heterocycles. The number of aromatic nitrogens is 3. The predicted molar refractivity (Wildman–Crippen MR) is 64.8 cm³/mol. The van der Waals surface area contributed by atoms with E-state index in [2.05, 4.69) is 15.1 Å². The van der Waals surface area contributed by atoms with Crippen LogP contribution in [0.4, 0.5) is 0 Å². The first kappa shape index (κ1) is 12.3. The molecule has 0 aliphatic heterocycles. The van der Waals surface area contributed by atoms with Crippen LogP contribution in [0.25, 0.3) is 11.5 Å². The topological polar surface area (TPSA) is 77.8 Å². The second kappa shape index (κ2) is 5.00. The summed E-state index contributed by atoms with van der Waals surface area (Å²) < 4.78 is 5.04. The van der Waals surface area contributed by atoms with E-state index in [9.17, 15) is 0 Å². The van der Waals surface area contributed by atoms with Gasteiger partial charge in [0.2, 0.25) is 11.7 Å². The van der Waals surface area contributed by atoms with E-state index in [4.69, 9.17) is 33.5 Å². The van der Waals surface area contributed by atoms with Crippen molar-refractivity contribution in [2.24, 2.45) is 5.73 Å². The number of nitrogens with zero attached hydrogens (tertiary/aromatic N) is 3. The molecule has 2 rings (SSSR count). The summed E-state index contributed by atoms with van der Waals surface area (Å²) in [6, 6.07) is 1.30. The van der Waals surface area contributed by atoms with Crippen molar-refractivity contribution in [1.82, 2.24) is 15.1 Å². The number of hydrogen-bond acceptors (Lipinski definition) is 5. The van der Waals surface area contributed by atoms with Gasteiger partial charge in [0.1, 0.15) is 5.69 Å². The Balaban J connectivity index is 2.37. The maximum absolute atomic E-state index is 5.99. The van der Waals surface area contributed by atoms with Gasteiger partial charge in [-0.3, -0.25) is 0 Å². The molecule has 0 unspecified atom stereocenters. The van der Waals surface area contributed by atoms with Crippen molar-refractivity contribution < 1.29 is 4.52 Å². The molecule has 90 valence electrons. The number of pyridine rings is 1. The zero-order valence-electron chi connectivity index (χ0n) is 9.02. The highest BCUT2D eigenvalue weighted by Gasteiger charge is 2.16. The van der Waals surface area contributed by atoms with Crippen molar-refractivity contribution >= 4 is 23.2 Å². The molecule has 2 aromatic rings. The lowest BCUT2D eigenvalue weighted by molar-refractivity contribution is 0.352. The molecule has 5 nitrogen and oxygen atoms in total. The lowest BCUT2D eigenvalue weighted by atomic mass is 10.2. The second-order valence-electron chi connectivity index (χ2n) is 3.45. The molecule has 0 saturated carbocycles. The third kappa shape index (κ3) is 2.57. The van der Waals surface area contributed by atoms with Crippen LogP contribution in [0, 0.1) is 0 Å². The van der Waals surface area contributed by atoms with E-state index in [1.165, 1.54) is 6.20 Å². The van der Waals surface area contributed by atoms with Crippen molar-refractivity contribution in [2.75, 3.05) is 0 Å². The van der Waals surface area contributed by atoms with Gasteiger partial charge in [0.25, 0.3) is 0 Å². The average Bonchev–Trinajstić information content (AvgIpc) is 2.77. The first-order valence-corrected chi connectivity index (χ1v) is 5.78. The summed E-state index contributed by atoms with van der Waals surface area (Å²) in [5, 5.41) is 4.61. The van der Waals surface area contributed by atoms with Crippen LogP contribution in [0.1, 0.15) is 25.3 Å². The molecular weight excluding hydrogens is 263 g/mol. The first-order valence-electron chi connectivity index (χ1n) is 5.02. The van der Waals surface area contributed by atoms with Crippen LogP contribution in [-0.2, 0) is 0 Å². The third-order valence-electron chi connectivity index (χ3n) is 2.22. The molecule has 2 N–H and O–H groups in total. The van der Waals surface area contributed by atoms with Crippen LogP contribution < -0.4 is 5.73 Å². The van der Waals surface area contributed by atoms with Crippen molar-refractivity contribution in [1.29, 1.82) is 0 Å². The lowest BCUT2D eigenvalue weighted by Crippen LogP contribution is -2.08. The molecule has 2 aromatic heterocycles. The van der Waals surface area contributed by atoms with Gasteiger partial charge in [0.05, 0.1) is 16.1 Å². The van der Waals surface area contributed by atoms with Crippen molar-refractivity contribution in [3.05, 3.63) is 28.2 Å². The van der Waals surface area contributed by atoms with Gasteiger partial charge in [-0.05, 0) is 12.5 Å². The Bertz CT molecular complexity index is 529. The maximum Gasteiger partial charge on any atom is 0.243 e. The monoisotopic (exact) mass is 272 g/mol. The molecule has 7 heteroatoms. The summed E-state index contributed by atoms with van der Waals surface area (Å²) in [6.07, 6.45) is 2.18. The summed E-state index contributed by atoms with van der Waals surface area (Å²) >= 11 is 11.7. The molecule has 0 amide bonds. The van der Waals surface area contributed by atoms with Gasteiger partial charge in [0.15, 0.2) is 0 Å². The molecule has 0 aliphatic carbocycles. The fourth-order valence-corrected chi connectivity index (χ4v) is 1.70. The normalized spacial score (nSPS) is 12.7. The Labute approximate surface area is 108 Å². The van der Waals surface area contributed by atoms with Crippen LogP contribution >= 0.6 is 23.2 Å². The smallest absolute Gasteiger partial charge is 0.243 e. The van der Waals surface area contributed by atoms with E-state index in [1.54, 1.807) is 6.07 Å². The fraction of sp³-hybridized carbons (Fsp3) is 0.300. The largest absolute Gasteiger partial charge is 0.337 e. The maximum atomic E-state index is 5.99. The second-order valence-corrected chi connectivity index (χ2v) is 4.30. The molecule has 0 bridgehead atoms. The van der Waals surface area contributed by atoms with E-state index >= 15 is 0 Å². The Hall–Kier alpha value is -1.17. The van der Waals surface area contributed by atoms with Crippen molar-refractivity contribution in [3.8, 4) is 11.5 Å². The fourth-order valence-electron chi connectivity index (χ4n) is 1.24. The van der Waals surface area contributed by atoms with Gasteiger partial charge in [0, 0.05) is 6.20 Å². The van der Waals surface area contributed by atoms with Gasteiger partial charge < -0.3 is 10.3 Å². The van der Waals surface area contributed by atoms with Crippen LogP contribution in [0.2, 0.25) is 10.0 Å². The van der Waals surface area contributed by atoms with E-state index in [0.29, 0.717) is 33.9 Å². The summed E-state index contributed by atoms with van der Waals surface area (Å²) in [6.45, 7) is 1.93. The minimum atomic E-state index is -0.276. The first-order chi connectivity index (χ1) is 8.11. The van der Waals surface area contributed by atoms with Crippen molar-refractivity contribution in [2.45, 2.75) is 19.4 Å². The highest BCUT2D eigenvalue weighted by atomic mass is 35.5. The quantitative estimate of drug-likeness (QED) is 0.930. The van der Waals surface area contributed by atoms with Crippen molar-refractivity contribution in [3.63, 3.8) is 0 Å². The van der Waals surface area contributed by atoms with E-state index in [1.807, 2.05) is 6.92 Å². The molecule has 0 spiro atoms. The molecule has 0 aliphatic rings. The molecule has 0 aromatic carbocycles. The predicted octanol–water partition coefficient (Wildman–Crippen LogP) is 2.85. The van der Waals surface area contributed by atoms with E-state index in [-0.39, 0.29) is 6.04 Å². The molecular formula is C10H10Cl2N4O. The third-order valence-corrected chi connectivity index (χ3v) is 2.71. The van der Waals surface area contributed by atoms with Gasteiger partial charge in [-0.2, -0.15) is 4.98 Å². The Morgan fingerprint density at radius 1 is 1.47 bits per heavy atom. The summed E-state index contributed by atoms with van der Waals surface area (Å²) in [5.74, 6) is 0.681. The Morgan fingerprint density at radius 2 is 2.24 bits per heavy atom. The van der Waals surface area contributed by atoms with Crippen LogP contribution in [0.5, 0.6) is 0 Å².